The lowest BCUT2D eigenvalue weighted by Crippen LogP contribution is -2.30. The van der Waals surface area contributed by atoms with Crippen LogP contribution in [0.2, 0.25) is 10.0 Å². The Bertz CT molecular complexity index is 362. The number of hydrogen-bond donors (Lipinski definition) is 1. The maximum Gasteiger partial charge on any atom is 0.160 e. The van der Waals surface area contributed by atoms with Crippen LogP contribution in [0.4, 0.5) is 10.1 Å². The topological polar surface area (TPSA) is 21.3 Å². The Labute approximate surface area is 111 Å². The zero-order valence-corrected chi connectivity index (χ0v) is 11.6. The van der Waals surface area contributed by atoms with Crippen molar-refractivity contribution in [2.45, 2.75) is 19.9 Å². The maximum atomic E-state index is 13.2. The van der Waals surface area contributed by atoms with Gasteiger partial charge in [0, 0.05) is 12.8 Å². The Morgan fingerprint density at radius 3 is 2.24 bits per heavy atom. The number of anilines is 1. The molecule has 96 valence electrons. The first-order chi connectivity index (χ1) is 7.95. The summed E-state index contributed by atoms with van der Waals surface area (Å²) in [6.07, 6.45) is 0. The molecule has 5 heteroatoms. The van der Waals surface area contributed by atoms with Crippen molar-refractivity contribution < 1.29 is 9.13 Å². The molecule has 0 heterocycles. The molecule has 1 N–H and O–H groups in total. The van der Waals surface area contributed by atoms with Crippen LogP contribution in [0.5, 0.6) is 0 Å². The van der Waals surface area contributed by atoms with Crippen molar-refractivity contribution in [3.63, 3.8) is 0 Å². The second-order valence-corrected chi connectivity index (χ2v) is 5.02. The first-order valence-electron chi connectivity index (χ1n) is 5.35. The lowest BCUT2D eigenvalue weighted by molar-refractivity contribution is 0.171. The van der Waals surface area contributed by atoms with Crippen molar-refractivity contribution >= 4 is 28.9 Å². The summed E-state index contributed by atoms with van der Waals surface area (Å²) >= 11 is 11.5. The first-order valence-corrected chi connectivity index (χ1v) is 6.11. The third-order valence-corrected chi connectivity index (χ3v) is 3.04. The highest BCUT2D eigenvalue weighted by Gasteiger charge is 2.14. The molecule has 1 unspecified atom stereocenters. The van der Waals surface area contributed by atoms with Crippen LogP contribution in [0.3, 0.4) is 0 Å². The number of hydrogen-bond acceptors (Lipinski definition) is 2. The number of methoxy groups -OCH3 is 1. The standard InChI is InChI=1S/C12H16Cl2FNO/c1-7(2)11(6-17-3)16-8-4-9(13)12(15)10(14)5-8/h4-5,7,11,16H,6H2,1-3H3. The minimum absolute atomic E-state index is 0.0138. The van der Waals surface area contributed by atoms with Crippen molar-refractivity contribution in [2.75, 3.05) is 19.0 Å². The Hall–Kier alpha value is -0.510. The first kappa shape index (κ1) is 14.6. The van der Waals surface area contributed by atoms with Gasteiger partial charge in [0.2, 0.25) is 0 Å². The van der Waals surface area contributed by atoms with E-state index in [9.17, 15) is 4.39 Å². The van der Waals surface area contributed by atoms with Crippen LogP contribution in [0.25, 0.3) is 0 Å². The molecule has 0 amide bonds. The highest BCUT2D eigenvalue weighted by molar-refractivity contribution is 6.35. The number of nitrogens with one attached hydrogen (secondary N) is 1. The smallest absolute Gasteiger partial charge is 0.160 e. The lowest BCUT2D eigenvalue weighted by atomic mass is 10.1. The normalized spacial score (nSPS) is 12.9. The molecule has 0 aliphatic rings. The number of benzene rings is 1. The molecule has 17 heavy (non-hydrogen) atoms. The van der Waals surface area contributed by atoms with Crippen molar-refractivity contribution in [3.8, 4) is 0 Å². The van der Waals surface area contributed by atoms with Crippen molar-refractivity contribution in [1.82, 2.24) is 0 Å². The molecule has 2 nitrogen and oxygen atoms in total. The summed E-state index contributed by atoms with van der Waals surface area (Å²) < 4.78 is 18.4. The van der Waals surface area contributed by atoms with E-state index in [1.807, 2.05) is 0 Å². The highest BCUT2D eigenvalue weighted by Crippen LogP contribution is 2.28. The fraction of sp³-hybridized carbons (Fsp3) is 0.500. The largest absolute Gasteiger partial charge is 0.383 e. The molecule has 0 fully saturated rings. The number of ether oxygens (including phenoxy) is 1. The average molecular weight is 280 g/mol. The molecule has 0 spiro atoms. The van der Waals surface area contributed by atoms with Crippen LogP contribution >= 0.6 is 23.2 Å². The summed E-state index contributed by atoms with van der Waals surface area (Å²) in [5.74, 6) is -0.218. The molecule has 0 aromatic heterocycles. The molecule has 1 aromatic rings. The van der Waals surface area contributed by atoms with E-state index in [0.29, 0.717) is 18.2 Å². The minimum atomic E-state index is -0.591. The van der Waals surface area contributed by atoms with Gasteiger partial charge in [0.25, 0.3) is 0 Å². The Morgan fingerprint density at radius 2 is 1.82 bits per heavy atom. The SMILES string of the molecule is COCC(Nc1cc(Cl)c(F)c(Cl)c1)C(C)C. The van der Waals surface area contributed by atoms with E-state index in [4.69, 9.17) is 27.9 Å². The molecule has 1 rings (SSSR count). The molecule has 0 saturated carbocycles. The van der Waals surface area contributed by atoms with E-state index >= 15 is 0 Å². The van der Waals surface area contributed by atoms with E-state index < -0.39 is 5.82 Å². The molecular formula is C12H16Cl2FNO. The third kappa shape index (κ3) is 4.02. The number of halogens is 3. The van der Waals surface area contributed by atoms with Crippen LogP contribution < -0.4 is 5.32 Å². The van der Waals surface area contributed by atoms with Gasteiger partial charge in [0.15, 0.2) is 5.82 Å². The van der Waals surface area contributed by atoms with Gasteiger partial charge in [-0.05, 0) is 18.1 Å². The van der Waals surface area contributed by atoms with Gasteiger partial charge in [-0.15, -0.1) is 0 Å². The quantitative estimate of drug-likeness (QED) is 0.815. The zero-order valence-electron chi connectivity index (χ0n) is 10.1. The monoisotopic (exact) mass is 279 g/mol. The minimum Gasteiger partial charge on any atom is -0.383 e. The van der Waals surface area contributed by atoms with Gasteiger partial charge in [0.1, 0.15) is 0 Å². The van der Waals surface area contributed by atoms with Crippen LogP contribution in [-0.2, 0) is 4.74 Å². The number of rotatable bonds is 5. The molecule has 1 aromatic carbocycles. The van der Waals surface area contributed by atoms with Gasteiger partial charge in [-0.2, -0.15) is 0 Å². The summed E-state index contributed by atoms with van der Waals surface area (Å²) in [5.41, 5.74) is 0.692. The van der Waals surface area contributed by atoms with Gasteiger partial charge >= 0.3 is 0 Å². The predicted molar refractivity (Wildman–Crippen MR) is 70.5 cm³/mol. The molecule has 0 radical (unpaired) electrons. The summed E-state index contributed by atoms with van der Waals surface area (Å²) in [4.78, 5) is 0. The van der Waals surface area contributed by atoms with Crippen LogP contribution in [0, 0.1) is 11.7 Å². The van der Waals surface area contributed by atoms with E-state index in [1.165, 1.54) is 12.1 Å². The van der Waals surface area contributed by atoms with Gasteiger partial charge in [0.05, 0.1) is 22.7 Å². The van der Waals surface area contributed by atoms with Gasteiger partial charge in [-0.25, -0.2) is 4.39 Å². The van der Waals surface area contributed by atoms with E-state index in [-0.39, 0.29) is 16.1 Å². The average Bonchev–Trinajstić information content (AvgIpc) is 2.25. The van der Waals surface area contributed by atoms with Crippen molar-refractivity contribution in [3.05, 3.63) is 28.0 Å². The van der Waals surface area contributed by atoms with Gasteiger partial charge in [-0.1, -0.05) is 37.0 Å². The summed E-state index contributed by atoms with van der Waals surface area (Å²) in [6, 6.07) is 3.17. The van der Waals surface area contributed by atoms with Gasteiger partial charge in [-0.3, -0.25) is 0 Å². The Balaban J connectivity index is 2.86. The van der Waals surface area contributed by atoms with Crippen LogP contribution in [-0.4, -0.2) is 19.8 Å². The van der Waals surface area contributed by atoms with Gasteiger partial charge < -0.3 is 10.1 Å². The molecule has 0 bridgehead atoms. The van der Waals surface area contributed by atoms with Crippen LogP contribution in [0.1, 0.15) is 13.8 Å². The third-order valence-electron chi connectivity index (χ3n) is 2.49. The summed E-state index contributed by atoms with van der Waals surface area (Å²) in [7, 11) is 1.64. The molecule has 0 saturated heterocycles. The van der Waals surface area contributed by atoms with E-state index in [1.54, 1.807) is 7.11 Å². The molecule has 0 aliphatic carbocycles. The van der Waals surface area contributed by atoms with Crippen LogP contribution in [0.15, 0.2) is 12.1 Å². The molecular weight excluding hydrogens is 264 g/mol. The zero-order chi connectivity index (χ0) is 13.0. The van der Waals surface area contributed by atoms with Crippen molar-refractivity contribution in [2.24, 2.45) is 5.92 Å². The fourth-order valence-electron chi connectivity index (χ4n) is 1.43. The maximum absolute atomic E-state index is 13.2. The van der Waals surface area contributed by atoms with Crippen molar-refractivity contribution in [1.29, 1.82) is 0 Å². The molecule has 0 aliphatic heterocycles. The summed E-state index contributed by atoms with van der Waals surface area (Å²) in [5, 5.41) is 3.26. The second-order valence-electron chi connectivity index (χ2n) is 4.20. The Morgan fingerprint density at radius 1 is 1.29 bits per heavy atom. The fourth-order valence-corrected chi connectivity index (χ4v) is 1.92. The predicted octanol–water partition coefficient (Wildman–Crippen LogP) is 4.22. The van der Waals surface area contributed by atoms with E-state index in [2.05, 4.69) is 19.2 Å². The molecule has 1 atom stereocenters. The van der Waals surface area contributed by atoms with E-state index in [0.717, 1.165) is 0 Å². The Kier molecular flexibility index (Phi) is 5.50. The second kappa shape index (κ2) is 6.43. The highest BCUT2D eigenvalue weighted by atomic mass is 35.5. The summed E-state index contributed by atoms with van der Waals surface area (Å²) in [6.45, 7) is 4.71. The lowest BCUT2D eigenvalue weighted by Gasteiger charge is -2.23.